The largest absolute Gasteiger partial charge is 0.323 e. The maximum atomic E-state index is 12.3. The van der Waals surface area contributed by atoms with E-state index in [0.717, 1.165) is 18.5 Å². The molecule has 146 valence electrons. The molecule has 27 heavy (non-hydrogen) atoms. The van der Waals surface area contributed by atoms with Gasteiger partial charge in [-0.05, 0) is 51.0 Å². The molecule has 0 aliphatic heterocycles. The highest BCUT2D eigenvalue weighted by Crippen LogP contribution is 2.31. The molecular formula is C18H25N5O3S. The first-order chi connectivity index (χ1) is 12.9. The number of carbonyl (C=O) groups is 1. The Kier molecular flexibility index (Phi) is 5.69. The minimum absolute atomic E-state index is 0.00327. The standard InChI is InChI=1S/C18H25N5O3S/c1-3-27(25,26)22-15-10-8-14(9-11-15)20-18(24)21-17-12-19-23(13(17)2)16-6-4-5-7-16/h8-12,16,22H,3-7H2,1-2H3,(H2,20,21,24). The molecule has 1 aliphatic carbocycles. The number of nitrogens with zero attached hydrogens (tertiary/aromatic N) is 2. The third kappa shape index (κ3) is 4.79. The summed E-state index contributed by atoms with van der Waals surface area (Å²) in [6.45, 7) is 3.52. The molecule has 1 aliphatic rings. The van der Waals surface area contributed by atoms with Crippen molar-refractivity contribution >= 4 is 33.1 Å². The Hall–Kier alpha value is -2.55. The van der Waals surface area contributed by atoms with Gasteiger partial charge < -0.3 is 10.6 Å². The molecule has 0 atom stereocenters. The molecule has 1 heterocycles. The second kappa shape index (κ2) is 7.99. The van der Waals surface area contributed by atoms with Gasteiger partial charge in [0.25, 0.3) is 0 Å². The van der Waals surface area contributed by atoms with Crippen molar-refractivity contribution in [2.24, 2.45) is 0 Å². The van der Waals surface area contributed by atoms with Gasteiger partial charge in [-0.3, -0.25) is 9.40 Å². The Labute approximate surface area is 159 Å². The zero-order valence-electron chi connectivity index (χ0n) is 15.5. The zero-order valence-corrected chi connectivity index (χ0v) is 16.3. The van der Waals surface area contributed by atoms with E-state index in [0.29, 0.717) is 23.1 Å². The molecule has 1 aromatic carbocycles. The summed E-state index contributed by atoms with van der Waals surface area (Å²) in [4.78, 5) is 12.3. The highest BCUT2D eigenvalue weighted by molar-refractivity contribution is 7.92. The number of carbonyl (C=O) groups excluding carboxylic acids is 1. The Morgan fingerprint density at radius 1 is 1.15 bits per heavy atom. The summed E-state index contributed by atoms with van der Waals surface area (Å²) in [5, 5.41) is 9.98. The van der Waals surface area contributed by atoms with Crippen LogP contribution in [0.5, 0.6) is 0 Å². The van der Waals surface area contributed by atoms with Crippen LogP contribution in [0, 0.1) is 6.92 Å². The second-order valence-corrected chi connectivity index (χ2v) is 8.70. The van der Waals surface area contributed by atoms with Crippen LogP contribution in [0.4, 0.5) is 21.9 Å². The van der Waals surface area contributed by atoms with Crippen molar-refractivity contribution in [1.29, 1.82) is 0 Å². The molecule has 0 saturated heterocycles. The van der Waals surface area contributed by atoms with Gasteiger partial charge in [0.15, 0.2) is 0 Å². The van der Waals surface area contributed by atoms with Crippen LogP contribution < -0.4 is 15.4 Å². The molecular weight excluding hydrogens is 366 g/mol. The quantitative estimate of drug-likeness (QED) is 0.698. The molecule has 3 rings (SSSR count). The molecule has 9 heteroatoms. The number of hydrogen-bond acceptors (Lipinski definition) is 4. The van der Waals surface area contributed by atoms with Gasteiger partial charge >= 0.3 is 6.03 Å². The van der Waals surface area contributed by atoms with E-state index in [2.05, 4.69) is 20.5 Å². The number of amides is 2. The fourth-order valence-electron chi connectivity index (χ4n) is 3.22. The number of nitrogens with one attached hydrogen (secondary N) is 3. The Morgan fingerprint density at radius 2 is 1.78 bits per heavy atom. The third-order valence-corrected chi connectivity index (χ3v) is 6.07. The Morgan fingerprint density at radius 3 is 2.41 bits per heavy atom. The molecule has 0 unspecified atom stereocenters. The van der Waals surface area contributed by atoms with Gasteiger partial charge in [-0.25, -0.2) is 13.2 Å². The van der Waals surface area contributed by atoms with Crippen LogP contribution in [0.1, 0.15) is 44.3 Å². The molecule has 0 bridgehead atoms. The van der Waals surface area contributed by atoms with E-state index in [4.69, 9.17) is 0 Å². The number of hydrogen-bond donors (Lipinski definition) is 3. The minimum atomic E-state index is -3.32. The van der Waals surface area contributed by atoms with Crippen LogP contribution in [0.2, 0.25) is 0 Å². The lowest BCUT2D eigenvalue weighted by atomic mass is 10.2. The molecule has 1 aromatic heterocycles. The molecule has 8 nitrogen and oxygen atoms in total. The van der Waals surface area contributed by atoms with Crippen molar-refractivity contribution in [2.75, 3.05) is 21.1 Å². The van der Waals surface area contributed by atoms with Crippen molar-refractivity contribution in [3.05, 3.63) is 36.2 Å². The van der Waals surface area contributed by atoms with E-state index in [1.54, 1.807) is 37.4 Å². The van der Waals surface area contributed by atoms with Gasteiger partial charge in [-0.1, -0.05) is 12.8 Å². The summed E-state index contributed by atoms with van der Waals surface area (Å²) in [5.74, 6) is 0.00327. The molecule has 0 radical (unpaired) electrons. The highest BCUT2D eigenvalue weighted by atomic mass is 32.2. The third-order valence-electron chi connectivity index (χ3n) is 4.76. The summed E-state index contributed by atoms with van der Waals surface area (Å²) in [6, 6.07) is 6.54. The van der Waals surface area contributed by atoms with E-state index >= 15 is 0 Å². The van der Waals surface area contributed by atoms with E-state index in [9.17, 15) is 13.2 Å². The first-order valence-corrected chi connectivity index (χ1v) is 10.8. The summed E-state index contributed by atoms with van der Waals surface area (Å²) >= 11 is 0. The van der Waals surface area contributed by atoms with Crippen molar-refractivity contribution in [2.45, 2.75) is 45.6 Å². The van der Waals surface area contributed by atoms with E-state index in [1.807, 2.05) is 11.6 Å². The average Bonchev–Trinajstić information content (AvgIpc) is 3.27. The van der Waals surface area contributed by atoms with Crippen molar-refractivity contribution < 1.29 is 13.2 Å². The second-order valence-electron chi connectivity index (χ2n) is 6.69. The molecule has 3 N–H and O–H groups in total. The number of rotatable bonds is 6. The van der Waals surface area contributed by atoms with Crippen molar-refractivity contribution in [1.82, 2.24) is 9.78 Å². The lowest BCUT2D eigenvalue weighted by Gasteiger charge is -2.13. The molecule has 2 amide bonds. The SMILES string of the molecule is CCS(=O)(=O)Nc1ccc(NC(=O)Nc2cnn(C3CCCC3)c2C)cc1. The highest BCUT2D eigenvalue weighted by Gasteiger charge is 2.20. The van der Waals surface area contributed by atoms with Gasteiger partial charge in [-0.2, -0.15) is 5.10 Å². The maximum Gasteiger partial charge on any atom is 0.323 e. The number of urea groups is 1. The summed E-state index contributed by atoms with van der Waals surface area (Å²) in [7, 11) is -3.32. The van der Waals surface area contributed by atoms with Gasteiger partial charge in [0, 0.05) is 11.4 Å². The fraction of sp³-hybridized carbons (Fsp3) is 0.444. The zero-order chi connectivity index (χ0) is 19.4. The monoisotopic (exact) mass is 391 g/mol. The van der Waals surface area contributed by atoms with Crippen LogP contribution >= 0.6 is 0 Å². The molecule has 1 saturated carbocycles. The number of sulfonamides is 1. The van der Waals surface area contributed by atoms with Gasteiger partial charge in [-0.15, -0.1) is 0 Å². The van der Waals surface area contributed by atoms with Crippen molar-refractivity contribution in [3.63, 3.8) is 0 Å². The van der Waals surface area contributed by atoms with Crippen LogP contribution in [0.15, 0.2) is 30.5 Å². The average molecular weight is 391 g/mol. The fourth-order valence-corrected chi connectivity index (χ4v) is 3.86. The lowest BCUT2D eigenvalue weighted by molar-refractivity contribution is 0.262. The van der Waals surface area contributed by atoms with Gasteiger partial charge in [0.2, 0.25) is 10.0 Å². The molecule has 2 aromatic rings. The normalized spacial score (nSPS) is 14.9. The van der Waals surface area contributed by atoms with Crippen LogP contribution in [-0.4, -0.2) is 30.0 Å². The molecule has 1 fully saturated rings. The topological polar surface area (TPSA) is 105 Å². The predicted octanol–water partition coefficient (Wildman–Crippen LogP) is 3.71. The first kappa shape index (κ1) is 19.2. The van der Waals surface area contributed by atoms with E-state index in [-0.39, 0.29) is 11.8 Å². The molecule has 0 spiro atoms. The number of aromatic nitrogens is 2. The van der Waals surface area contributed by atoms with Gasteiger partial charge in [0.05, 0.1) is 29.4 Å². The van der Waals surface area contributed by atoms with Crippen LogP contribution in [-0.2, 0) is 10.0 Å². The summed E-state index contributed by atoms with van der Waals surface area (Å²) in [5.41, 5.74) is 2.65. The smallest absolute Gasteiger partial charge is 0.308 e. The predicted molar refractivity (Wildman–Crippen MR) is 107 cm³/mol. The Balaban J connectivity index is 1.59. The summed E-state index contributed by atoms with van der Waals surface area (Å²) in [6.07, 6.45) is 6.37. The van der Waals surface area contributed by atoms with Crippen LogP contribution in [0.3, 0.4) is 0 Å². The lowest BCUT2D eigenvalue weighted by Crippen LogP contribution is -2.20. The Bertz CT molecular complexity index is 900. The van der Waals surface area contributed by atoms with E-state index in [1.165, 1.54) is 12.8 Å². The summed E-state index contributed by atoms with van der Waals surface area (Å²) < 4.78 is 27.6. The minimum Gasteiger partial charge on any atom is -0.308 e. The van der Waals surface area contributed by atoms with Crippen LogP contribution in [0.25, 0.3) is 0 Å². The van der Waals surface area contributed by atoms with Gasteiger partial charge in [0.1, 0.15) is 0 Å². The van der Waals surface area contributed by atoms with Crippen molar-refractivity contribution in [3.8, 4) is 0 Å². The maximum absolute atomic E-state index is 12.3. The van der Waals surface area contributed by atoms with E-state index < -0.39 is 10.0 Å². The first-order valence-electron chi connectivity index (χ1n) is 9.10. The number of benzene rings is 1. The number of anilines is 3.